The number of nitrogens with one attached hydrogen (secondary N) is 1. The van der Waals surface area contributed by atoms with Crippen LogP contribution in [-0.4, -0.2) is 17.5 Å². The summed E-state index contributed by atoms with van der Waals surface area (Å²) in [7, 11) is 0. The predicted molar refractivity (Wildman–Crippen MR) is 79.9 cm³/mol. The van der Waals surface area contributed by atoms with Crippen molar-refractivity contribution in [1.82, 2.24) is 4.98 Å². The van der Waals surface area contributed by atoms with E-state index in [1.54, 1.807) is 6.07 Å². The number of rotatable bonds is 2. The van der Waals surface area contributed by atoms with Crippen molar-refractivity contribution >= 4 is 27.7 Å². The summed E-state index contributed by atoms with van der Waals surface area (Å²) < 4.78 is 6.27. The number of ether oxygens (including phenoxy) is 1. The lowest BCUT2D eigenvalue weighted by Gasteiger charge is -2.24. The fourth-order valence-corrected chi connectivity index (χ4v) is 2.65. The van der Waals surface area contributed by atoms with Gasteiger partial charge in [0.25, 0.3) is 0 Å². The fourth-order valence-electron chi connectivity index (χ4n) is 2.31. The highest BCUT2D eigenvalue weighted by Crippen LogP contribution is 2.33. The van der Waals surface area contributed by atoms with Crippen LogP contribution in [0.15, 0.2) is 47.1 Å². The summed E-state index contributed by atoms with van der Waals surface area (Å²) in [5.74, 6) is 1.10. The standard InChI is InChI=1S/C15H13BrN2O2/c16-13-6-3-7-14(17-13)18-15(19)11-8-9-20-12-5-2-1-4-10(11)12/h1-7,11H,8-9H2,(H,17,18,19). The number of anilines is 1. The van der Waals surface area contributed by atoms with Gasteiger partial charge in [0.2, 0.25) is 5.91 Å². The Hall–Kier alpha value is -1.88. The molecule has 0 spiro atoms. The quantitative estimate of drug-likeness (QED) is 0.858. The van der Waals surface area contributed by atoms with Crippen molar-refractivity contribution in [1.29, 1.82) is 0 Å². The number of aromatic nitrogens is 1. The molecule has 1 aliphatic heterocycles. The molecule has 5 heteroatoms. The van der Waals surface area contributed by atoms with Gasteiger partial charge in [-0.15, -0.1) is 0 Å². The SMILES string of the molecule is O=C(Nc1cccc(Br)n1)C1CCOc2ccccc21. The zero-order valence-corrected chi connectivity index (χ0v) is 12.3. The van der Waals surface area contributed by atoms with Gasteiger partial charge >= 0.3 is 0 Å². The minimum absolute atomic E-state index is 0.0497. The summed E-state index contributed by atoms with van der Waals surface area (Å²) >= 11 is 3.29. The van der Waals surface area contributed by atoms with Crippen LogP contribution in [0.3, 0.4) is 0 Å². The van der Waals surface area contributed by atoms with E-state index < -0.39 is 0 Å². The third-order valence-corrected chi connectivity index (χ3v) is 3.68. The molecule has 2 heterocycles. The highest BCUT2D eigenvalue weighted by molar-refractivity contribution is 9.10. The number of para-hydroxylation sites is 1. The molecule has 1 N–H and O–H groups in total. The minimum atomic E-state index is -0.194. The van der Waals surface area contributed by atoms with Crippen LogP contribution in [0.25, 0.3) is 0 Å². The van der Waals surface area contributed by atoms with Crippen molar-refractivity contribution in [2.75, 3.05) is 11.9 Å². The first-order valence-corrected chi connectivity index (χ1v) is 7.18. The van der Waals surface area contributed by atoms with Gasteiger partial charge in [0.15, 0.2) is 0 Å². The molecular weight excluding hydrogens is 320 g/mol. The normalized spacial score (nSPS) is 16.9. The lowest BCUT2D eigenvalue weighted by Crippen LogP contribution is -2.26. The molecule has 0 saturated heterocycles. The Kier molecular flexibility index (Phi) is 3.69. The second-order valence-corrected chi connectivity index (χ2v) is 5.37. The van der Waals surface area contributed by atoms with Gasteiger partial charge in [-0.1, -0.05) is 24.3 Å². The average molecular weight is 333 g/mol. The fraction of sp³-hybridized carbons (Fsp3) is 0.200. The van der Waals surface area contributed by atoms with Crippen LogP contribution >= 0.6 is 15.9 Å². The van der Waals surface area contributed by atoms with Crippen molar-refractivity contribution in [2.24, 2.45) is 0 Å². The molecule has 102 valence electrons. The highest BCUT2D eigenvalue weighted by atomic mass is 79.9. The molecule has 2 aromatic rings. The Bertz CT molecular complexity index is 645. The molecule has 0 fully saturated rings. The molecule has 1 aromatic carbocycles. The van der Waals surface area contributed by atoms with Gasteiger partial charge in [-0.05, 0) is 40.5 Å². The van der Waals surface area contributed by atoms with Gasteiger partial charge in [0.1, 0.15) is 16.2 Å². The van der Waals surface area contributed by atoms with Crippen LogP contribution in [0.2, 0.25) is 0 Å². The smallest absolute Gasteiger partial charge is 0.233 e. The first kappa shape index (κ1) is 13.1. The summed E-state index contributed by atoms with van der Waals surface area (Å²) in [6.07, 6.45) is 0.677. The van der Waals surface area contributed by atoms with Gasteiger partial charge in [-0.2, -0.15) is 0 Å². The summed E-state index contributed by atoms with van der Waals surface area (Å²) in [5, 5.41) is 2.86. The number of pyridine rings is 1. The van der Waals surface area contributed by atoms with Crippen molar-refractivity contribution < 1.29 is 9.53 Å². The van der Waals surface area contributed by atoms with Gasteiger partial charge in [0, 0.05) is 5.56 Å². The van der Waals surface area contributed by atoms with Crippen LogP contribution in [-0.2, 0) is 4.79 Å². The first-order chi connectivity index (χ1) is 9.74. The number of benzene rings is 1. The lowest BCUT2D eigenvalue weighted by atomic mass is 9.92. The number of hydrogen-bond donors (Lipinski definition) is 1. The topological polar surface area (TPSA) is 51.2 Å². The Morgan fingerprint density at radius 3 is 2.95 bits per heavy atom. The molecule has 1 atom stereocenters. The maximum atomic E-state index is 12.4. The van der Waals surface area contributed by atoms with Crippen molar-refractivity contribution in [2.45, 2.75) is 12.3 Å². The third kappa shape index (κ3) is 2.67. The van der Waals surface area contributed by atoms with Gasteiger partial charge < -0.3 is 10.1 Å². The summed E-state index contributed by atoms with van der Waals surface area (Å²) in [5.41, 5.74) is 0.936. The van der Waals surface area contributed by atoms with E-state index in [1.807, 2.05) is 36.4 Å². The average Bonchev–Trinajstić information content (AvgIpc) is 2.46. The summed E-state index contributed by atoms with van der Waals surface area (Å²) in [6, 6.07) is 13.1. The number of hydrogen-bond acceptors (Lipinski definition) is 3. The van der Waals surface area contributed by atoms with E-state index in [-0.39, 0.29) is 11.8 Å². The molecule has 1 aromatic heterocycles. The van der Waals surface area contributed by atoms with Crippen LogP contribution < -0.4 is 10.1 Å². The van der Waals surface area contributed by atoms with Crippen molar-refractivity contribution in [3.8, 4) is 5.75 Å². The van der Waals surface area contributed by atoms with Crippen LogP contribution in [0, 0.1) is 0 Å². The Morgan fingerprint density at radius 2 is 2.10 bits per heavy atom. The number of nitrogens with zero attached hydrogens (tertiary/aromatic N) is 1. The number of fused-ring (bicyclic) bond motifs is 1. The molecule has 4 nitrogen and oxygen atoms in total. The van der Waals surface area contributed by atoms with E-state index in [9.17, 15) is 4.79 Å². The van der Waals surface area contributed by atoms with Crippen LogP contribution in [0.1, 0.15) is 17.9 Å². The second kappa shape index (κ2) is 5.63. The van der Waals surface area contributed by atoms with Gasteiger partial charge in [-0.25, -0.2) is 4.98 Å². The van der Waals surface area contributed by atoms with Crippen LogP contribution in [0.4, 0.5) is 5.82 Å². The van der Waals surface area contributed by atoms with E-state index in [2.05, 4.69) is 26.2 Å². The maximum Gasteiger partial charge on any atom is 0.233 e. The zero-order valence-electron chi connectivity index (χ0n) is 10.7. The molecule has 1 aliphatic rings. The lowest BCUT2D eigenvalue weighted by molar-refractivity contribution is -0.118. The highest BCUT2D eigenvalue weighted by Gasteiger charge is 2.27. The summed E-state index contributed by atoms with van der Waals surface area (Å²) in [6.45, 7) is 0.557. The first-order valence-electron chi connectivity index (χ1n) is 6.39. The second-order valence-electron chi connectivity index (χ2n) is 4.56. The number of halogens is 1. The molecule has 0 bridgehead atoms. The number of amides is 1. The van der Waals surface area contributed by atoms with E-state index in [4.69, 9.17) is 4.74 Å². The van der Waals surface area contributed by atoms with E-state index in [0.717, 1.165) is 11.3 Å². The third-order valence-electron chi connectivity index (χ3n) is 3.24. The predicted octanol–water partition coefficient (Wildman–Crippen LogP) is 3.35. The number of carbonyl (C=O) groups excluding carboxylic acids is 1. The summed E-state index contributed by atoms with van der Waals surface area (Å²) in [4.78, 5) is 16.6. The largest absolute Gasteiger partial charge is 0.493 e. The van der Waals surface area contributed by atoms with Crippen LogP contribution in [0.5, 0.6) is 5.75 Å². The maximum absolute atomic E-state index is 12.4. The zero-order chi connectivity index (χ0) is 13.9. The molecule has 3 rings (SSSR count). The van der Waals surface area contributed by atoms with E-state index in [0.29, 0.717) is 23.4 Å². The Labute approximate surface area is 125 Å². The minimum Gasteiger partial charge on any atom is -0.493 e. The Balaban J connectivity index is 1.82. The van der Waals surface area contributed by atoms with Crippen molar-refractivity contribution in [3.63, 3.8) is 0 Å². The number of carbonyl (C=O) groups is 1. The van der Waals surface area contributed by atoms with Crippen molar-refractivity contribution in [3.05, 3.63) is 52.6 Å². The molecule has 1 unspecified atom stereocenters. The van der Waals surface area contributed by atoms with E-state index >= 15 is 0 Å². The monoisotopic (exact) mass is 332 g/mol. The molecule has 0 radical (unpaired) electrons. The molecular formula is C15H13BrN2O2. The molecule has 0 saturated carbocycles. The molecule has 20 heavy (non-hydrogen) atoms. The molecule has 0 aliphatic carbocycles. The Morgan fingerprint density at radius 1 is 1.25 bits per heavy atom. The van der Waals surface area contributed by atoms with E-state index in [1.165, 1.54) is 0 Å². The molecule has 1 amide bonds. The van der Waals surface area contributed by atoms with Gasteiger partial charge in [0.05, 0.1) is 12.5 Å². The van der Waals surface area contributed by atoms with Gasteiger partial charge in [-0.3, -0.25) is 4.79 Å².